The van der Waals surface area contributed by atoms with Gasteiger partial charge < -0.3 is 9.47 Å². The van der Waals surface area contributed by atoms with E-state index in [4.69, 9.17) is 9.47 Å². The van der Waals surface area contributed by atoms with E-state index in [-0.39, 0.29) is 30.2 Å². The first-order valence-electron chi connectivity index (χ1n) is 11.6. The van der Waals surface area contributed by atoms with E-state index >= 15 is 8.78 Å². The number of halogens is 2. The Kier molecular flexibility index (Phi) is 5.58. The van der Waals surface area contributed by atoms with Crippen LogP contribution in [0.4, 0.5) is 8.78 Å². The molecule has 0 N–H and O–H groups in total. The second kappa shape index (κ2) is 8.65. The van der Waals surface area contributed by atoms with E-state index in [2.05, 4.69) is 10.1 Å². The molecule has 3 aromatic heterocycles. The molecule has 8 nitrogen and oxygen atoms in total. The summed E-state index contributed by atoms with van der Waals surface area (Å²) < 4.78 is 44.9. The average Bonchev–Trinajstić information content (AvgIpc) is 3.48. The van der Waals surface area contributed by atoms with Gasteiger partial charge in [0.15, 0.2) is 5.65 Å². The number of thiophene rings is 1. The molecule has 0 spiro atoms. The summed E-state index contributed by atoms with van der Waals surface area (Å²) in [6.07, 6.45) is 3.20. The number of alkyl halides is 2. The lowest BCUT2D eigenvalue weighted by atomic mass is 9.97. The van der Waals surface area contributed by atoms with E-state index in [9.17, 15) is 4.79 Å². The fourth-order valence-corrected chi connectivity index (χ4v) is 6.61. The number of benzene rings is 1. The van der Waals surface area contributed by atoms with Crippen LogP contribution in [0.3, 0.4) is 0 Å². The molecule has 1 unspecified atom stereocenters. The quantitative estimate of drug-likeness (QED) is 0.417. The molecule has 0 amide bonds. The van der Waals surface area contributed by atoms with E-state index in [1.165, 1.54) is 22.2 Å². The summed E-state index contributed by atoms with van der Waals surface area (Å²) in [7, 11) is 1.59. The highest BCUT2D eigenvalue weighted by molar-refractivity contribution is 7.19. The molecule has 0 aliphatic carbocycles. The fourth-order valence-electron chi connectivity index (χ4n) is 5.23. The molecule has 11 heteroatoms. The van der Waals surface area contributed by atoms with Crippen LogP contribution in [0.5, 0.6) is 5.75 Å². The van der Waals surface area contributed by atoms with Gasteiger partial charge in [0, 0.05) is 24.6 Å². The lowest BCUT2D eigenvalue weighted by Crippen LogP contribution is -2.43. The fraction of sp³-hybridized carbons (Fsp3) is 0.458. The van der Waals surface area contributed by atoms with Crippen LogP contribution in [0, 0.1) is 5.92 Å². The van der Waals surface area contributed by atoms with Gasteiger partial charge in [0.05, 0.1) is 37.8 Å². The van der Waals surface area contributed by atoms with Gasteiger partial charge in [0.2, 0.25) is 0 Å². The highest BCUT2D eigenvalue weighted by atomic mass is 32.1. The Hall–Kier alpha value is -2.89. The summed E-state index contributed by atoms with van der Waals surface area (Å²) in [4.78, 5) is 20.4. The molecule has 0 bridgehead atoms. The molecule has 1 saturated heterocycles. The lowest BCUT2D eigenvalue weighted by Gasteiger charge is -2.35. The molecule has 184 valence electrons. The van der Waals surface area contributed by atoms with E-state index in [1.807, 2.05) is 29.2 Å². The number of hydrogen-bond acceptors (Lipinski definition) is 7. The predicted molar refractivity (Wildman–Crippen MR) is 127 cm³/mol. The van der Waals surface area contributed by atoms with Crippen molar-refractivity contribution in [3.05, 3.63) is 57.1 Å². The molecule has 1 atom stereocenters. The minimum atomic E-state index is -3.07. The molecular formula is C24H25F2N5O3S. The van der Waals surface area contributed by atoms with E-state index in [1.54, 1.807) is 7.11 Å². The van der Waals surface area contributed by atoms with Crippen molar-refractivity contribution in [2.24, 2.45) is 5.92 Å². The van der Waals surface area contributed by atoms with Gasteiger partial charge >= 0.3 is 5.69 Å². The summed E-state index contributed by atoms with van der Waals surface area (Å²) in [5, 5.41) is 4.37. The first-order chi connectivity index (χ1) is 16.9. The summed E-state index contributed by atoms with van der Waals surface area (Å²) in [5.41, 5.74) is 0.613. The van der Waals surface area contributed by atoms with E-state index in [0.717, 1.165) is 29.5 Å². The van der Waals surface area contributed by atoms with E-state index < -0.39 is 11.6 Å². The molecular weight excluding hydrogens is 476 g/mol. The van der Waals surface area contributed by atoms with Crippen molar-refractivity contribution in [2.75, 3.05) is 33.4 Å². The highest BCUT2D eigenvalue weighted by Gasteiger charge is 2.45. The molecule has 5 heterocycles. The minimum Gasteiger partial charge on any atom is -0.497 e. The predicted octanol–water partition coefficient (Wildman–Crippen LogP) is 3.50. The van der Waals surface area contributed by atoms with Crippen molar-refractivity contribution >= 4 is 27.2 Å². The van der Waals surface area contributed by atoms with Crippen LogP contribution in [0.1, 0.15) is 28.8 Å². The molecule has 35 heavy (non-hydrogen) atoms. The minimum absolute atomic E-state index is 0.0184. The maximum absolute atomic E-state index is 15.7. The monoisotopic (exact) mass is 501 g/mol. The summed E-state index contributed by atoms with van der Waals surface area (Å²) in [5.74, 6) is -2.12. The van der Waals surface area contributed by atoms with Gasteiger partial charge in [-0.15, -0.1) is 11.3 Å². The van der Waals surface area contributed by atoms with Crippen LogP contribution in [0.15, 0.2) is 35.4 Å². The van der Waals surface area contributed by atoms with Gasteiger partial charge in [-0.3, -0.25) is 9.47 Å². The Morgan fingerprint density at radius 1 is 1.29 bits per heavy atom. The van der Waals surface area contributed by atoms with Crippen LogP contribution < -0.4 is 10.4 Å². The van der Waals surface area contributed by atoms with Crippen LogP contribution in [0.25, 0.3) is 15.9 Å². The van der Waals surface area contributed by atoms with Crippen molar-refractivity contribution in [1.82, 2.24) is 24.1 Å². The SMILES string of the molecule is COc1ccc(Cn2c(=O)n3ncnc3c3c4c(sc32)CN(CC2CCCOC2)CC4(F)F)cc1. The van der Waals surface area contributed by atoms with Crippen LogP contribution in [0.2, 0.25) is 0 Å². The third-order valence-corrected chi connectivity index (χ3v) is 8.01. The third-order valence-electron chi connectivity index (χ3n) is 6.82. The zero-order chi connectivity index (χ0) is 24.2. The maximum atomic E-state index is 15.7. The Morgan fingerprint density at radius 3 is 2.86 bits per heavy atom. The Balaban J connectivity index is 1.46. The van der Waals surface area contributed by atoms with Crippen molar-refractivity contribution in [3.63, 3.8) is 0 Å². The number of ether oxygens (including phenoxy) is 2. The van der Waals surface area contributed by atoms with Gasteiger partial charge in [-0.05, 0) is 36.5 Å². The molecule has 6 rings (SSSR count). The molecule has 1 fully saturated rings. The van der Waals surface area contributed by atoms with Crippen molar-refractivity contribution in [3.8, 4) is 5.75 Å². The number of hydrogen-bond donors (Lipinski definition) is 0. The lowest BCUT2D eigenvalue weighted by molar-refractivity contribution is -0.0594. The zero-order valence-electron chi connectivity index (χ0n) is 19.2. The van der Waals surface area contributed by atoms with Crippen LogP contribution in [-0.2, 0) is 23.7 Å². The maximum Gasteiger partial charge on any atom is 0.352 e. The topological polar surface area (TPSA) is 73.9 Å². The van der Waals surface area contributed by atoms with Crippen molar-refractivity contribution < 1.29 is 18.3 Å². The Bertz CT molecular complexity index is 1440. The van der Waals surface area contributed by atoms with Crippen molar-refractivity contribution in [1.29, 1.82) is 0 Å². The van der Waals surface area contributed by atoms with Gasteiger partial charge in [-0.25, -0.2) is 9.78 Å². The largest absolute Gasteiger partial charge is 0.497 e. The van der Waals surface area contributed by atoms with Gasteiger partial charge in [0.1, 0.15) is 16.9 Å². The summed E-state index contributed by atoms with van der Waals surface area (Å²) in [6, 6.07) is 7.34. The number of methoxy groups -OCH3 is 1. The molecule has 4 aromatic rings. The summed E-state index contributed by atoms with van der Waals surface area (Å²) in [6.45, 7) is 2.21. The number of aromatic nitrogens is 4. The molecule has 2 aliphatic rings. The molecule has 2 aliphatic heterocycles. The normalized spacial score (nSPS) is 20.4. The number of nitrogens with zero attached hydrogens (tertiary/aromatic N) is 5. The standard InChI is InChI=1S/C24H25F2N5O3S/c1-33-17-6-4-15(5-7-17)10-30-22-19(21-27-14-28-31(21)23(30)32)20-18(35-22)11-29(13-24(20,25)26)9-16-3-2-8-34-12-16/h4-7,14,16H,2-3,8-13H2,1H3. The molecule has 0 saturated carbocycles. The second-order valence-corrected chi connectivity index (χ2v) is 10.3. The average molecular weight is 502 g/mol. The van der Waals surface area contributed by atoms with Gasteiger partial charge in [-0.1, -0.05) is 12.1 Å². The molecule has 1 aromatic carbocycles. The van der Waals surface area contributed by atoms with Gasteiger partial charge in [-0.2, -0.15) is 18.4 Å². The Labute approximate surface area is 203 Å². The summed E-state index contributed by atoms with van der Waals surface area (Å²) >= 11 is 1.26. The third kappa shape index (κ3) is 3.91. The first kappa shape index (κ1) is 22.6. The van der Waals surface area contributed by atoms with Crippen LogP contribution in [-0.4, -0.2) is 57.5 Å². The van der Waals surface area contributed by atoms with Crippen molar-refractivity contribution in [2.45, 2.75) is 31.9 Å². The van der Waals surface area contributed by atoms with E-state index in [0.29, 0.717) is 40.5 Å². The second-order valence-electron chi connectivity index (χ2n) is 9.25. The zero-order valence-corrected chi connectivity index (χ0v) is 20.1. The number of fused-ring (bicyclic) bond motifs is 5. The Morgan fingerprint density at radius 2 is 2.11 bits per heavy atom. The smallest absolute Gasteiger partial charge is 0.352 e. The van der Waals surface area contributed by atoms with Crippen LogP contribution >= 0.6 is 11.3 Å². The van der Waals surface area contributed by atoms with Gasteiger partial charge in [0.25, 0.3) is 5.92 Å². The molecule has 0 radical (unpaired) electrons. The first-order valence-corrected chi connectivity index (χ1v) is 12.5. The number of rotatable bonds is 5. The highest BCUT2D eigenvalue weighted by Crippen LogP contribution is 2.46.